The van der Waals surface area contributed by atoms with Gasteiger partial charge in [-0.3, -0.25) is 4.98 Å². The first kappa shape index (κ1) is 23.1. The second-order valence-electron chi connectivity index (χ2n) is 5.83. The Kier molecular flexibility index (Phi) is 9.69. The molecule has 1 atom stereocenters. The molecule has 1 unspecified atom stereocenters. The van der Waals surface area contributed by atoms with Crippen LogP contribution in [0.5, 0.6) is 0 Å². The summed E-state index contributed by atoms with van der Waals surface area (Å²) < 4.78 is 33.0. The van der Waals surface area contributed by atoms with E-state index < -0.39 is 16.1 Å². The SMILES string of the molecule is COCCSCCNc1ccc(S(=O)(=O)NCC(O)c2cccnc2)c(Br)c1. The van der Waals surface area contributed by atoms with Crippen molar-refractivity contribution < 1.29 is 18.3 Å². The number of halogens is 1. The molecule has 1 heterocycles. The summed E-state index contributed by atoms with van der Waals surface area (Å²) in [5.74, 6) is 1.87. The molecule has 0 aliphatic heterocycles. The number of benzene rings is 1. The van der Waals surface area contributed by atoms with Crippen molar-refractivity contribution in [3.63, 3.8) is 0 Å². The second kappa shape index (κ2) is 11.7. The minimum atomic E-state index is -3.77. The molecule has 0 radical (unpaired) electrons. The van der Waals surface area contributed by atoms with Crippen molar-refractivity contribution in [2.24, 2.45) is 0 Å². The maximum absolute atomic E-state index is 12.6. The Morgan fingerprint density at radius 3 is 2.82 bits per heavy atom. The van der Waals surface area contributed by atoms with Crippen molar-refractivity contribution in [1.29, 1.82) is 0 Å². The summed E-state index contributed by atoms with van der Waals surface area (Å²) in [6.07, 6.45) is 2.12. The second-order valence-corrected chi connectivity index (χ2v) is 9.65. The Hall–Kier alpha value is -1.17. The van der Waals surface area contributed by atoms with Crippen molar-refractivity contribution in [3.05, 3.63) is 52.8 Å². The van der Waals surface area contributed by atoms with Gasteiger partial charge in [0.1, 0.15) is 0 Å². The van der Waals surface area contributed by atoms with Crippen LogP contribution in [0.4, 0.5) is 5.69 Å². The fraction of sp³-hybridized carbons (Fsp3) is 0.389. The van der Waals surface area contributed by atoms with Crippen LogP contribution in [0, 0.1) is 0 Å². The molecule has 154 valence electrons. The van der Waals surface area contributed by atoms with Gasteiger partial charge in [-0.1, -0.05) is 6.07 Å². The topological polar surface area (TPSA) is 101 Å². The molecule has 10 heteroatoms. The number of methoxy groups -OCH3 is 1. The van der Waals surface area contributed by atoms with Gasteiger partial charge in [0.2, 0.25) is 10.0 Å². The highest BCUT2D eigenvalue weighted by atomic mass is 79.9. The van der Waals surface area contributed by atoms with E-state index in [-0.39, 0.29) is 11.4 Å². The lowest BCUT2D eigenvalue weighted by Crippen LogP contribution is -2.28. The lowest BCUT2D eigenvalue weighted by molar-refractivity contribution is 0.181. The number of anilines is 1. The summed E-state index contributed by atoms with van der Waals surface area (Å²) in [5.41, 5.74) is 1.38. The molecule has 0 saturated carbocycles. The number of hydrogen-bond donors (Lipinski definition) is 3. The van der Waals surface area contributed by atoms with Gasteiger partial charge in [-0.25, -0.2) is 13.1 Å². The van der Waals surface area contributed by atoms with Crippen LogP contribution >= 0.6 is 27.7 Å². The fourth-order valence-electron chi connectivity index (χ4n) is 2.30. The monoisotopic (exact) mass is 489 g/mol. The largest absolute Gasteiger partial charge is 0.387 e. The Labute approximate surface area is 178 Å². The zero-order valence-corrected chi connectivity index (χ0v) is 18.7. The summed E-state index contributed by atoms with van der Waals surface area (Å²) in [6.45, 7) is 1.35. The maximum Gasteiger partial charge on any atom is 0.241 e. The first-order valence-corrected chi connectivity index (χ1v) is 12.0. The third-order valence-corrected chi connectivity index (χ3v) is 7.11. The Morgan fingerprint density at radius 1 is 1.32 bits per heavy atom. The van der Waals surface area contributed by atoms with E-state index in [2.05, 4.69) is 31.0 Å². The van der Waals surface area contributed by atoms with Gasteiger partial charge in [-0.2, -0.15) is 11.8 Å². The van der Waals surface area contributed by atoms with Gasteiger partial charge in [0.25, 0.3) is 0 Å². The number of ether oxygens (including phenoxy) is 1. The average molecular weight is 490 g/mol. The van der Waals surface area contributed by atoms with E-state index in [0.29, 0.717) is 10.0 Å². The highest BCUT2D eigenvalue weighted by Gasteiger charge is 2.19. The van der Waals surface area contributed by atoms with Crippen LogP contribution in [0.2, 0.25) is 0 Å². The minimum Gasteiger partial charge on any atom is -0.387 e. The van der Waals surface area contributed by atoms with Crippen LogP contribution in [0.25, 0.3) is 0 Å². The molecule has 0 bridgehead atoms. The zero-order chi connectivity index (χ0) is 20.4. The molecule has 0 aliphatic rings. The number of aromatic nitrogens is 1. The van der Waals surface area contributed by atoms with Crippen LogP contribution in [0.15, 0.2) is 52.1 Å². The van der Waals surface area contributed by atoms with Crippen molar-refractivity contribution in [2.75, 3.05) is 43.6 Å². The number of nitrogens with one attached hydrogen (secondary N) is 2. The molecular weight excluding hydrogens is 466 g/mol. The van der Waals surface area contributed by atoms with Gasteiger partial charge in [-0.15, -0.1) is 0 Å². The number of hydrogen-bond acceptors (Lipinski definition) is 7. The van der Waals surface area contributed by atoms with Crippen molar-refractivity contribution >= 4 is 43.4 Å². The van der Waals surface area contributed by atoms with Crippen molar-refractivity contribution in [1.82, 2.24) is 9.71 Å². The molecule has 3 N–H and O–H groups in total. The Bertz CT molecular complexity index is 838. The number of aliphatic hydroxyl groups excluding tert-OH is 1. The lowest BCUT2D eigenvalue weighted by atomic mass is 10.2. The summed E-state index contributed by atoms with van der Waals surface area (Å²) in [6, 6.07) is 8.35. The quantitative estimate of drug-likeness (QED) is 0.394. The smallest absolute Gasteiger partial charge is 0.241 e. The van der Waals surface area contributed by atoms with E-state index in [1.807, 2.05) is 0 Å². The first-order valence-electron chi connectivity index (χ1n) is 8.62. The predicted octanol–water partition coefficient (Wildman–Crippen LogP) is 2.65. The van der Waals surface area contributed by atoms with Gasteiger partial charge in [-0.05, 0) is 40.2 Å². The van der Waals surface area contributed by atoms with E-state index in [1.54, 1.807) is 49.3 Å². The zero-order valence-electron chi connectivity index (χ0n) is 15.5. The van der Waals surface area contributed by atoms with E-state index in [4.69, 9.17) is 4.74 Å². The van der Waals surface area contributed by atoms with E-state index in [1.165, 1.54) is 12.3 Å². The van der Waals surface area contributed by atoms with Crippen LogP contribution in [0.1, 0.15) is 11.7 Å². The van der Waals surface area contributed by atoms with Crippen molar-refractivity contribution in [3.8, 4) is 0 Å². The summed E-state index contributed by atoms with van der Waals surface area (Å²) in [5, 5.41) is 13.4. The number of rotatable bonds is 12. The Morgan fingerprint density at radius 2 is 2.14 bits per heavy atom. The van der Waals surface area contributed by atoms with Crippen LogP contribution in [-0.4, -0.2) is 56.8 Å². The summed E-state index contributed by atoms with van der Waals surface area (Å²) in [7, 11) is -2.09. The van der Waals surface area contributed by atoms with E-state index >= 15 is 0 Å². The van der Waals surface area contributed by atoms with Crippen LogP contribution in [0.3, 0.4) is 0 Å². The third kappa shape index (κ3) is 7.34. The molecule has 1 aromatic carbocycles. The Balaban J connectivity index is 1.90. The van der Waals surface area contributed by atoms with E-state index in [0.717, 1.165) is 30.3 Å². The van der Waals surface area contributed by atoms with Crippen LogP contribution < -0.4 is 10.0 Å². The predicted molar refractivity (Wildman–Crippen MR) is 116 cm³/mol. The normalized spacial score (nSPS) is 12.7. The van der Waals surface area contributed by atoms with Gasteiger partial charge >= 0.3 is 0 Å². The highest BCUT2D eigenvalue weighted by molar-refractivity contribution is 9.10. The number of aliphatic hydroxyl groups is 1. The molecule has 7 nitrogen and oxygen atoms in total. The first-order chi connectivity index (χ1) is 13.4. The standard InChI is InChI=1S/C18H24BrN3O4S2/c1-26-8-10-27-9-7-21-15-4-5-18(16(19)11-15)28(24,25)22-13-17(23)14-3-2-6-20-12-14/h2-6,11-12,17,21-23H,7-10,13H2,1H3. The molecule has 28 heavy (non-hydrogen) atoms. The summed E-state index contributed by atoms with van der Waals surface area (Å²) >= 11 is 5.11. The fourth-order valence-corrected chi connectivity index (χ4v) is 5.15. The molecule has 2 aromatic rings. The number of pyridine rings is 1. The molecule has 2 rings (SSSR count). The number of nitrogens with zero attached hydrogens (tertiary/aromatic N) is 1. The number of sulfonamides is 1. The molecule has 0 fully saturated rings. The molecule has 0 aliphatic carbocycles. The summed E-state index contributed by atoms with van der Waals surface area (Å²) in [4.78, 5) is 4.03. The van der Waals surface area contributed by atoms with Gasteiger partial charge in [0.05, 0.1) is 17.6 Å². The van der Waals surface area contributed by atoms with E-state index in [9.17, 15) is 13.5 Å². The molecule has 1 aromatic heterocycles. The minimum absolute atomic E-state index is 0.117. The van der Waals surface area contributed by atoms with Gasteiger partial charge < -0.3 is 15.2 Å². The molecular formula is C18H24BrN3O4S2. The molecule has 0 amide bonds. The number of thioether (sulfide) groups is 1. The lowest BCUT2D eigenvalue weighted by Gasteiger charge is -2.14. The average Bonchev–Trinajstić information content (AvgIpc) is 2.69. The van der Waals surface area contributed by atoms with Crippen molar-refractivity contribution in [2.45, 2.75) is 11.0 Å². The van der Waals surface area contributed by atoms with Crippen LogP contribution in [-0.2, 0) is 14.8 Å². The highest BCUT2D eigenvalue weighted by Crippen LogP contribution is 2.26. The van der Waals surface area contributed by atoms with Gasteiger partial charge in [0.15, 0.2) is 0 Å². The molecule has 0 saturated heterocycles. The maximum atomic E-state index is 12.6. The third-order valence-electron chi connectivity index (χ3n) is 3.76. The van der Waals surface area contributed by atoms with Gasteiger partial charge in [0, 0.05) is 59.8 Å². The molecule has 0 spiro atoms.